The van der Waals surface area contributed by atoms with E-state index in [1.807, 2.05) is 72.8 Å². The van der Waals surface area contributed by atoms with Crippen LogP contribution < -0.4 is 9.80 Å². The molecule has 7 aromatic rings. The lowest BCUT2D eigenvalue weighted by molar-refractivity contribution is 0.589. The Hall–Kier alpha value is -5.26. The van der Waals surface area contributed by atoms with Gasteiger partial charge in [-0.25, -0.2) is 16.8 Å². The predicted octanol–water partition coefficient (Wildman–Crippen LogP) is 12.5. The fourth-order valence-electron chi connectivity index (χ4n) is 9.30. The number of fused-ring (bicyclic) bond motifs is 8. The van der Waals surface area contributed by atoms with Crippen molar-refractivity contribution in [2.24, 2.45) is 0 Å². The van der Waals surface area contributed by atoms with Gasteiger partial charge in [0.25, 0.3) is 0 Å². The lowest BCUT2D eigenvalue weighted by atomic mass is 9.69. The Labute approximate surface area is 347 Å². The summed E-state index contributed by atoms with van der Waals surface area (Å²) in [5.74, 6) is 0. The summed E-state index contributed by atoms with van der Waals surface area (Å²) in [5, 5.41) is 0. The molecule has 0 aliphatic carbocycles. The second kappa shape index (κ2) is 12.1. The first-order valence-electron chi connectivity index (χ1n) is 19.1. The first kappa shape index (κ1) is 35.9. The normalized spacial score (nSPS) is 17.9. The number of anilines is 6. The van der Waals surface area contributed by atoms with Gasteiger partial charge in [0, 0.05) is 41.8 Å². The molecule has 0 bridgehead atoms. The first-order valence-corrected chi connectivity index (χ1v) is 23.7. The Bertz CT molecular complexity index is 2980. The summed E-state index contributed by atoms with van der Waals surface area (Å²) in [5.41, 5.74) is 8.88. The molecule has 4 heterocycles. The predicted molar refractivity (Wildman–Crippen MR) is 232 cm³/mol. The largest absolute Gasteiger partial charge is 0.310 e. The summed E-state index contributed by atoms with van der Waals surface area (Å²) in [4.78, 5) is 8.60. The van der Waals surface area contributed by atoms with Crippen molar-refractivity contribution in [1.29, 1.82) is 0 Å². The monoisotopic (exact) mass is 832 g/mol. The summed E-state index contributed by atoms with van der Waals surface area (Å²) in [6, 6.07) is 47.3. The number of rotatable bonds is 2. The Morgan fingerprint density at radius 1 is 0.379 bits per heavy atom. The third kappa shape index (κ3) is 4.86. The van der Waals surface area contributed by atoms with Crippen LogP contribution in [0.2, 0.25) is 0 Å². The third-order valence-electron chi connectivity index (χ3n) is 12.2. The van der Waals surface area contributed by atoms with Crippen molar-refractivity contribution >= 4 is 77.3 Å². The van der Waals surface area contributed by atoms with Crippen molar-refractivity contribution in [1.82, 2.24) is 0 Å². The van der Waals surface area contributed by atoms with Gasteiger partial charge in [-0.15, -0.1) is 0 Å². The number of hydrogen-bond donors (Lipinski definition) is 0. The van der Waals surface area contributed by atoms with E-state index in [9.17, 15) is 16.8 Å². The zero-order chi connectivity index (χ0) is 39.9. The Balaban J connectivity index is 1.14. The zero-order valence-electron chi connectivity index (χ0n) is 32.0. The molecule has 0 saturated heterocycles. The fourth-order valence-corrected chi connectivity index (χ4v) is 15.7. The van der Waals surface area contributed by atoms with Gasteiger partial charge < -0.3 is 9.80 Å². The molecule has 7 aromatic carbocycles. The van der Waals surface area contributed by atoms with Crippen molar-refractivity contribution in [2.75, 3.05) is 9.80 Å². The average Bonchev–Trinajstić information content (AvgIpc) is 3.21. The molecule has 58 heavy (non-hydrogen) atoms. The van der Waals surface area contributed by atoms with Crippen LogP contribution in [0.15, 0.2) is 185 Å². The minimum atomic E-state index is -3.77. The maximum atomic E-state index is 14.2. The molecule has 10 heteroatoms. The van der Waals surface area contributed by atoms with E-state index in [1.54, 1.807) is 24.3 Å². The molecule has 11 rings (SSSR count). The molecule has 4 aliphatic heterocycles. The molecule has 0 saturated carbocycles. The van der Waals surface area contributed by atoms with Crippen LogP contribution >= 0.6 is 23.5 Å². The topological polar surface area (TPSA) is 74.8 Å². The van der Waals surface area contributed by atoms with Gasteiger partial charge in [-0.05, 0) is 107 Å². The second-order valence-electron chi connectivity index (χ2n) is 16.2. The van der Waals surface area contributed by atoms with E-state index in [1.165, 1.54) is 23.5 Å². The lowest BCUT2D eigenvalue weighted by Crippen LogP contribution is -2.35. The molecule has 0 radical (unpaired) electrons. The summed E-state index contributed by atoms with van der Waals surface area (Å²) >= 11 is 2.97. The van der Waals surface area contributed by atoms with Crippen molar-refractivity contribution in [2.45, 2.75) is 77.7 Å². The summed E-state index contributed by atoms with van der Waals surface area (Å²) in [6.45, 7) is 8.97. The molecule has 4 aliphatic rings. The van der Waals surface area contributed by atoms with Crippen LogP contribution in [0.1, 0.15) is 49.9 Å². The van der Waals surface area contributed by atoms with Gasteiger partial charge in [0.1, 0.15) is 0 Å². The fraction of sp³-hybridized carbons (Fsp3) is 0.125. The van der Waals surface area contributed by atoms with E-state index in [0.717, 1.165) is 66.2 Å². The van der Waals surface area contributed by atoms with E-state index in [4.69, 9.17) is 0 Å². The zero-order valence-corrected chi connectivity index (χ0v) is 35.3. The van der Waals surface area contributed by atoms with Gasteiger partial charge in [0.2, 0.25) is 19.7 Å². The van der Waals surface area contributed by atoms with E-state index >= 15 is 0 Å². The van der Waals surface area contributed by atoms with Crippen LogP contribution in [0.25, 0.3) is 0 Å². The SMILES string of the molecule is CC1(C)c2ccccc2N(c2ccc3c(c2)S(=O)(=O)c2ccccc2S3)c2cc3c(cc21)N(c1ccc2c(c1)S(=O)(=O)c1ccccc1S2)c1ccccc1C3(C)C. The van der Waals surface area contributed by atoms with E-state index in [2.05, 4.69) is 86.0 Å². The van der Waals surface area contributed by atoms with Gasteiger partial charge in [-0.1, -0.05) is 112 Å². The highest BCUT2D eigenvalue weighted by molar-refractivity contribution is 8.02. The molecule has 0 unspecified atom stereocenters. The molecule has 0 spiro atoms. The molecular weight excluding hydrogens is 797 g/mol. The summed E-state index contributed by atoms with van der Waals surface area (Å²) in [7, 11) is -7.55. The van der Waals surface area contributed by atoms with Crippen molar-refractivity contribution in [3.05, 3.63) is 168 Å². The number of benzene rings is 7. The second-order valence-corrected chi connectivity index (χ2v) is 22.1. The quantitative estimate of drug-likeness (QED) is 0.170. The Morgan fingerprint density at radius 3 is 1.17 bits per heavy atom. The molecule has 0 amide bonds. The first-order chi connectivity index (χ1) is 27.8. The Kier molecular flexibility index (Phi) is 7.51. The third-order valence-corrected chi connectivity index (χ3v) is 18.8. The van der Waals surface area contributed by atoms with E-state index in [0.29, 0.717) is 29.4 Å². The van der Waals surface area contributed by atoms with Crippen LogP contribution in [0.5, 0.6) is 0 Å². The highest BCUT2D eigenvalue weighted by atomic mass is 32.2. The van der Waals surface area contributed by atoms with Gasteiger partial charge in [0.05, 0.1) is 42.3 Å². The summed E-state index contributed by atoms with van der Waals surface area (Å²) in [6.07, 6.45) is 0. The van der Waals surface area contributed by atoms with E-state index < -0.39 is 30.5 Å². The van der Waals surface area contributed by atoms with Crippen LogP contribution in [-0.4, -0.2) is 16.8 Å². The Morgan fingerprint density at radius 2 is 0.741 bits per heavy atom. The van der Waals surface area contributed by atoms with E-state index in [-0.39, 0.29) is 0 Å². The van der Waals surface area contributed by atoms with Gasteiger partial charge in [-0.3, -0.25) is 0 Å². The molecule has 286 valence electrons. The highest BCUT2D eigenvalue weighted by Gasteiger charge is 2.44. The molecule has 0 N–H and O–H groups in total. The maximum absolute atomic E-state index is 14.2. The highest BCUT2D eigenvalue weighted by Crippen LogP contribution is 2.60. The number of para-hydroxylation sites is 2. The minimum absolute atomic E-state index is 0.305. The van der Waals surface area contributed by atoms with Crippen molar-refractivity contribution in [3.8, 4) is 0 Å². The number of hydrogen-bond acceptors (Lipinski definition) is 8. The minimum Gasteiger partial charge on any atom is -0.310 e. The van der Waals surface area contributed by atoms with Gasteiger partial charge >= 0.3 is 0 Å². The molecule has 0 fully saturated rings. The van der Waals surface area contributed by atoms with Crippen LogP contribution in [0.3, 0.4) is 0 Å². The van der Waals surface area contributed by atoms with Gasteiger partial charge in [0.15, 0.2) is 0 Å². The average molecular weight is 833 g/mol. The summed E-state index contributed by atoms with van der Waals surface area (Å²) < 4.78 is 56.8. The molecule has 0 aromatic heterocycles. The van der Waals surface area contributed by atoms with Crippen LogP contribution in [-0.2, 0) is 30.5 Å². The molecule has 0 atom stereocenters. The number of sulfone groups is 2. The molecular formula is C48H36N2O4S4. The standard InChI is InChI=1S/C48H36N2O4S4/c1-47(2)31-13-5-7-15-35(31)49(29-21-23-41-45(25-29)57(51,52)43-19-11-9-17-39(43)55-41)37-28-34-38(27-33(37)47)50(36-16-8-6-14-32(36)48(34,3)4)30-22-24-42-46(26-30)58(53,54)44-20-12-10-18-40(44)56-42/h5-28H,1-4H3. The van der Waals surface area contributed by atoms with Crippen LogP contribution in [0, 0.1) is 0 Å². The number of nitrogens with zero attached hydrogens (tertiary/aromatic N) is 2. The van der Waals surface area contributed by atoms with Crippen molar-refractivity contribution < 1.29 is 16.8 Å². The maximum Gasteiger partial charge on any atom is 0.208 e. The van der Waals surface area contributed by atoms with Gasteiger partial charge in [-0.2, -0.15) is 0 Å². The smallest absolute Gasteiger partial charge is 0.208 e. The van der Waals surface area contributed by atoms with Crippen molar-refractivity contribution in [3.63, 3.8) is 0 Å². The lowest BCUT2D eigenvalue weighted by Gasteiger charge is -2.47. The molecule has 6 nitrogen and oxygen atoms in total. The van der Waals surface area contributed by atoms with Crippen LogP contribution in [0.4, 0.5) is 34.1 Å².